The molecule has 1 amide bonds. The van der Waals surface area contributed by atoms with Crippen LogP contribution in [0.25, 0.3) is 0 Å². The fourth-order valence-corrected chi connectivity index (χ4v) is 3.18. The molecule has 2 fully saturated rings. The second kappa shape index (κ2) is 8.85. The Kier molecular flexibility index (Phi) is 7.85. The highest BCUT2D eigenvalue weighted by Gasteiger charge is 2.36. The Morgan fingerprint density at radius 3 is 2.80 bits per heavy atom. The topological polar surface area (TPSA) is 50.4 Å². The number of carbonyl (C=O) groups excluding carboxylic acids is 1. The Morgan fingerprint density at radius 1 is 1.45 bits per heavy atom. The Bertz CT molecular complexity index is 290. The molecule has 0 spiro atoms. The number of rotatable bonds is 8. The van der Waals surface area contributed by atoms with E-state index < -0.39 is 0 Å². The van der Waals surface area contributed by atoms with Crippen LogP contribution in [0.4, 0.5) is 0 Å². The maximum Gasteiger partial charge on any atom is 0.220 e. The van der Waals surface area contributed by atoms with E-state index in [1.165, 1.54) is 25.7 Å². The lowest BCUT2D eigenvalue weighted by Gasteiger charge is -2.42. The molecule has 1 atom stereocenters. The van der Waals surface area contributed by atoms with Gasteiger partial charge in [0.2, 0.25) is 5.91 Å². The lowest BCUT2D eigenvalue weighted by atomic mass is 9.66. The molecule has 1 saturated carbocycles. The Hall–Kier alpha value is -0.320. The van der Waals surface area contributed by atoms with Gasteiger partial charge in [-0.15, -0.1) is 12.4 Å². The van der Waals surface area contributed by atoms with E-state index in [2.05, 4.69) is 10.6 Å². The summed E-state index contributed by atoms with van der Waals surface area (Å²) < 4.78 is 5.18. The predicted octanol–water partition coefficient (Wildman–Crippen LogP) is 2.12. The summed E-state index contributed by atoms with van der Waals surface area (Å²) in [6.45, 7) is 3.86. The average molecular weight is 305 g/mol. The zero-order valence-electron chi connectivity index (χ0n) is 12.6. The number of amides is 1. The molecular weight excluding hydrogens is 276 g/mol. The summed E-state index contributed by atoms with van der Waals surface area (Å²) in [7, 11) is 1.75. The van der Waals surface area contributed by atoms with Crippen molar-refractivity contribution in [2.24, 2.45) is 11.3 Å². The van der Waals surface area contributed by atoms with Crippen LogP contribution in [-0.2, 0) is 9.53 Å². The highest BCUT2D eigenvalue weighted by atomic mass is 35.5. The fourth-order valence-electron chi connectivity index (χ4n) is 3.18. The van der Waals surface area contributed by atoms with Crippen molar-refractivity contribution in [3.63, 3.8) is 0 Å². The van der Waals surface area contributed by atoms with Crippen molar-refractivity contribution < 1.29 is 9.53 Å². The summed E-state index contributed by atoms with van der Waals surface area (Å²) in [5.41, 5.74) is 0.334. The minimum atomic E-state index is 0. The van der Waals surface area contributed by atoms with Gasteiger partial charge in [0, 0.05) is 26.7 Å². The first-order valence-corrected chi connectivity index (χ1v) is 7.70. The van der Waals surface area contributed by atoms with Gasteiger partial charge < -0.3 is 15.4 Å². The number of carbonyl (C=O) groups is 1. The molecule has 118 valence electrons. The Morgan fingerprint density at radius 2 is 2.25 bits per heavy atom. The van der Waals surface area contributed by atoms with E-state index >= 15 is 0 Å². The maximum atomic E-state index is 11.9. The highest BCUT2D eigenvalue weighted by molar-refractivity contribution is 5.85. The third-order valence-electron chi connectivity index (χ3n) is 4.85. The van der Waals surface area contributed by atoms with Crippen LogP contribution in [0, 0.1) is 11.3 Å². The van der Waals surface area contributed by atoms with E-state index in [0.29, 0.717) is 17.8 Å². The monoisotopic (exact) mass is 304 g/mol. The molecular formula is C15H29ClN2O2. The number of halogens is 1. The third-order valence-corrected chi connectivity index (χ3v) is 4.85. The van der Waals surface area contributed by atoms with Crippen LogP contribution in [0.1, 0.15) is 44.9 Å². The quantitative estimate of drug-likeness (QED) is 0.722. The van der Waals surface area contributed by atoms with Crippen LogP contribution in [0.15, 0.2) is 0 Å². The summed E-state index contributed by atoms with van der Waals surface area (Å²) >= 11 is 0. The minimum Gasteiger partial charge on any atom is -0.385 e. The standard InChI is InChI=1S/C15H28N2O2.ClH/c1-19-10-8-15(6-2-7-15)12-17-14(18)4-3-13-5-9-16-11-13;/h13,16H,2-12H2,1H3,(H,17,18);1H. The smallest absolute Gasteiger partial charge is 0.220 e. The molecule has 0 aromatic heterocycles. The summed E-state index contributed by atoms with van der Waals surface area (Å²) in [6, 6.07) is 0. The second-order valence-corrected chi connectivity index (χ2v) is 6.27. The fraction of sp³-hybridized carbons (Fsp3) is 0.933. The summed E-state index contributed by atoms with van der Waals surface area (Å²) in [4.78, 5) is 11.9. The normalized spacial score (nSPS) is 23.8. The van der Waals surface area contributed by atoms with Gasteiger partial charge in [0.05, 0.1) is 0 Å². The first-order valence-electron chi connectivity index (χ1n) is 7.70. The van der Waals surface area contributed by atoms with Crippen LogP contribution in [0.3, 0.4) is 0 Å². The summed E-state index contributed by atoms with van der Waals surface area (Å²) in [5, 5.41) is 6.49. The molecule has 4 nitrogen and oxygen atoms in total. The summed E-state index contributed by atoms with van der Waals surface area (Å²) in [5.74, 6) is 0.937. The molecule has 1 aliphatic carbocycles. The van der Waals surface area contributed by atoms with Gasteiger partial charge in [-0.3, -0.25) is 4.79 Å². The van der Waals surface area contributed by atoms with E-state index in [1.807, 2.05) is 0 Å². The van der Waals surface area contributed by atoms with Crippen molar-refractivity contribution in [3.05, 3.63) is 0 Å². The van der Waals surface area contributed by atoms with E-state index in [9.17, 15) is 4.79 Å². The van der Waals surface area contributed by atoms with Gasteiger partial charge in [0.1, 0.15) is 0 Å². The van der Waals surface area contributed by atoms with Gasteiger partial charge in [-0.1, -0.05) is 6.42 Å². The zero-order chi connectivity index (χ0) is 13.6. The van der Waals surface area contributed by atoms with Crippen molar-refractivity contribution in [1.29, 1.82) is 0 Å². The van der Waals surface area contributed by atoms with Gasteiger partial charge in [-0.2, -0.15) is 0 Å². The molecule has 1 aliphatic heterocycles. The van der Waals surface area contributed by atoms with Crippen molar-refractivity contribution in [1.82, 2.24) is 10.6 Å². The lowest BCUT2D eigenvalue weighted by molar-refractivity contribution is -0.122. The lowest BCUT2D eigenvalue weighted by Crippen LogP contribution is -2.42. The number of hydrogen-bond acceptors (Lipinski definition) is 3. The first kappa shape index (κ1) is 17.7. The molecule has 0 radical (unpaired) electrons. The first-order chi connectivity index (χ1) is 9.24. The molecule has 0 aromatic carbocycles. The Labute approximate surface area is 128 Å². The van der Waals surface area contributed by atoms with E-state index in [-0.39, 0.29) is 18.3 Å². The largest absolute Gasteiger partial charge is 0.385 e. The molecule has 1 heterocycles. The van der Waals surface area contributed by atoms with Gasteiger partial charge in [-0.25, -0.2) is 0 Å². The van der Waals surface area contributed by atoms with E-state index in [4.69, 9.17) is 4.74 Å². The van der Waals surface area contributed by atoms with Gasteiger partial charge >= 0.3 is 0 Å². The van der Waals surface area contributed by atoms with Crippen LogP contribution < -0.4 is 10.6 Å². The number of methoxy groups -OCH3 is 1. The molecule has 0 bridgehead atoms. The summed E-state index contributed by atoms with van der Waals surface area (Å²) in [6.07, 6.45) is 7.80. The third kappa shape index (κ3) is 5.23. The SMILES string of the molecule is COCCC1(CNC(=O)CCC2CCNC2)CCC1.Cl. The van der Waals surface area contributed by atoms with Crippen molar-refractivity contribution in [2.45, 2.75) is 44.9 Å². The molecule has 0 aromatic rings. The molecule has 20 heavy (non-hydrogen) atoms. The van der Waals surface area contributed by atoms with Gasteiger partial charge in [-0.05, 0) is 56.5 Å². The molecule has 5 heteroatoms. The van der Waals surface area contributed by atoms with Crippen molar-refractivity contribution >= 4 is 18.3 Å². The van der Waals surface area contributed by atoms with Crippen LogP contribution in [-0.4, -0.2) is 39.3 Å². The van der Waals surface area contributed by atoms with Crippen LogP contribution in [0.2, 0.25) is 0 Å². The highest BCUT2D eigenvalue weighted by Crippen LogP contribution is 2.43. The molecule has 1 unspecified atom stereocenters. The van der Waals surface area contributed by atoms with Crippen molar-refractivity contribution in [3.8, 4) is 0 Å². The molecule has 2 N–H and O–H groups in total. The molecule has 2 rings (SSSR count). The average Bonchev–Trinajstić information content (AvgIpc) is 2.88. The minimum absolute atomic E-state index is 0. The second-order valence-electron chi connectivity index (χ2n) is 6.27. The van der Waals surface area contributed by atoms with Crippen LogP contribution in [0.5, 0.6) is 0 Å². The van der Waals surface area contributed by atoms with E-state index in [1.54, 1.807) is 7.11 Å². The van der Waals surface area contributed by atoms with Crippen molar-refractivity contribution in [2.75, 3.05) is 33.4 Å². The zero-order valence-corrected chi connectivity index (χ0v) is 13.4. The van der Waals surface area contributed by atoms with E-state index in [0.717, 1.165) is 39.1 Å². The van der Waals surface area contributed by atoms with Crippen LogP contribution >= 0.6 is 12.4 Å². The number of nitrogens with one attached hydrogen (secondary N) is 2. The number of ether oxygens (including phenoxy) is 1. The molecule has 1 saturated heterocycles. The molecule has 2 aliphatic rings. The number of hydrogen-bond donors (Lipinski definition) is 2. The maximum absolute atomic E-state index is 11.9. The van der Waals surface area contributed by atoms with Gasteiger partial charge in [0.15, 0.2) is 0 Å². The Balaban J connectivity index is 0.00000200. The predicted molar refractivity (Wildman–Crippen MR) is 83.2 cm³/mol. The van der Waals surface area contributed by atoms with Gasteiger partial charge in [0.25, 0.3) is 0 Å².